The van der Waals surface area contributed by atoms with Gasteiger partial charge in [-0.3, -0.25) is 4.79 Å². The first kappa shape index (κ1) is 15.5. The van der Waals surface area contributed by atoms with Crippen molar-refractivity contribution in [3.8, 4) is 0 Å². The van der Waals surface area contributed by atoms with Gasteiger partial charge in [-0.2, -0.15) is 0 Å². The molecular weight excluding hydrogens is 236 g/mol. The van der Waals surface area contributed by atoms with Crippen LogP contribution in [-0.2, 0) is 10.2 Å². The Hall–Kier alpha value is -1.57. The van der Waals surface area contributed by atoms with E-state index in [4.69, 9.17) is 5.11 Å². The second kappa shape index (κ2) is 6.05. The number of carboxylic acid groups (broad SMARTS) is 1. The average Bonchev–Trinajstić information content (AvgIpc) is 2.27. The molecule has 0 saturated carbocycles. The zero-order valence-corrected chi connectivity index (χ0v) is 12.6. The van der Waals surface area contributed by atoms with Gasteiger partial charge >= 0.3 is 5.97 Å². The Morgan fingerprint density at radius 3 is 2.47 bits per heavy atom. The molecule has 0 spiro atoms. The van der Waals surface area contributed by atoms with E-state index in [-0.39, 0.29) is 11.8 Å². The van der Waals surface area contributed by atoms with E-state index in [9.17, 15) is 4.79 Å². The van der Waals surface area contributed by atoms with Gasteiger partial charge in [0, 0.05) is 6.42 Å². The summed E-state index contributed by atoms with van der Waals surface area (Å²) in [6, 6.07) is 6.54. The van der Waals surface area contributed by atoms with Gasteiger partial charge in [-0.05, 0) is 47.9 Å². The van der Waals surface area contributed by atoms with Crippen molar-refractivity contribution in [2.45, 2.75) is 52.9 Å². The maximum atomic E-state index is 10.5. The first-order chi connectivity index (χ1) is 8.71. The average molecular weight is 260 g/mol. The Labute approximate surface area is 116 Å². The van der Waals surface area contributed by atoms with Gasteiger partial charge in [-0.15, -0.1) is 0 Å². The van der Waals surface area contributed by atoms with E-state index in [1.807, 2.05) is 6.08 Å². The van der Waals surface area contributed by atoms with Crippen LogP contribution in [0.5, 0.6) is 0 Å². The number of aryl methyl sites for hydroxylation is 1. The molecule has 19 heavy (non-hydrogen) atoms. The Kier molecular flexibility index (Phi) is 4.93. The summed E-state index contributed by atoms with van der Waals surface area (Å²) in [6.45, 7) is 10.7. The van der Waals surface area contributed by atoms with Crippen molar-refractivity contribution < 1.29 is 9.90 Å². The summed E-state index contributed by atoms with van der Waals surface area (Å²) in [7, 11) is 0. The molecule has 0 fully saturated rings. The molecule has 0 aliphatic carbocycles. The minimum atomic E-state index is -0.746. The predicted octanol–water partition coefficient (Wildman–Crippen LogP) is 4.56. The van der Waals surface area contributed by atoms with E-state index in [0.717, 1.165) is 5.57 Å². The topological polar surface area (TPSA) is 37.3 Å². The number of aliphatic carboxylic acids is 1. The molecule has 1 N–H and O–H groups in total. The highest BCUT2D eigenvalue weighted by atomic mass is 16.4. The van der Waals surface area contributed by atoms with Crippen molar-refractivity contribution in [2.75, 3.05) is 0 Å². The summed E-state index contributed by atoms with van der Waals surface area (Å²) in [5.74, 6) is -0.746. The molecule has 1 aromatic carbocycles. The summed E-state index contributed by atoms with van der Waals surface area (Å²) in [5.41, 5.74) is 5.04. The molecule has 0 aliphatic heterocycles. The van der Waals surface area contributed by atoms with Crippen LogP contribution in [0, 0.1) is 6.92 Å². The first-order valence-corrected chi connectivity index (χ1v) is 6.72. The van der Waals surface area contributed by atoms with Gasteiger partial charge in [0.1, 0.15) is 0 Å². The van der Waals surface area contributed by atoms with E-state index in [2.05, 4.69) is 52.8 Å². The van der Waals surface area contributed by atoms with E-state index >= 15 is 0 Å². The third kappa shape index (κ3) is 4.55. The van der Waals surface area contributed by atoms with E-state index < -0.39 is 5.97 Å². The van der Waals surface area contributed by atoms with Crippen LogP contribution in [0.4, 0.5) is 0 Å². The van der Waals surface area contributed by atoms with Crippen LogP contribution < -0.4 is 0 Å². The SMILES string of the molecule is C/C(=C\CCC(=O)O)c1cc(C(C)(C)C)ccc1C. The van der Waals surface area contributed by atoms with Crippen LogP contribution in [0.3, 0.4) is 0 Å². The zero-order chi connectivity index (χ0) is 14.6. The summed E-state index contributed by atoms with van der Waals surface area (Å²) in [5, 5.41) is 8.67. The van der Waals surface area contributed by atoms with Crippen LogP contribution in [-0.4, -0.2) is 11.1 Å². The molecule has 0 atom stereocenters. The molecule has 0 radical (unpaired) electrons. The van der Waals surface area contributed by atoms with Gasteiger partial charge < -0.3 is 5.11 Å². The maximum absolute atomic E-state index is 10.5. The molecular formula is C17H24O2. The van der Waals surface area contributed by atoms with Crippen LogP contribution >= 0.6 is 0 Å². The molecule has 0 aromatic heterocycles. The van der Waals surface area contributed by atoms with Gasteiger partial charge in [0.2, 0.25) is 0 Å². The van der Waals surface area contributed by atoms with Crippen LogP contribution in [0.15, 0.2) is 24.3 Å². The number of rotatable bonds is 4. The lowest BCUT2D eigenvalue weighted by Gasteiger charge is -2.21. The molecule has 1 rings (SSSR count). The molecule has 0 bridgehead atoms. The van der Waals surface area contributed by atoms with Crippen LogP contribution in [0.2, 0.25) is 0 Å². The monoisotopic (exact) mass is 260 g/mol. The molecule has 0 saturated heterocycles. The highest BCUT2D eigenvalue weighted by molar-refractivity contribution is 5.70. The third-order valence-electron chi connectivity index (χ3n) is 3.34. The molecule has 2 heteroatoms. The van der Waals surface area contributed by atoms with Crippen molar-refractivity contribution in [2.24, 2.45) is 0 Å². The van der Waals surface area contributed by atoms with Gasteiger partial charge in [-0.1, -0.05) is 45.0 Å². The van der Waals surface area contributed by atoms with Crippen molar-refractivity contribution in [1.29, 1.82) is 0 Å². The Morgan fingerprint density at radius 1 is 1.32 bits per heavy atom. The van der Waals surface area contributed by atoms with Crippen LogP contribution in [0.1, 0.15) is 57.2 Å². The Balaban J connectivity index is 3.02. The number of carbonyl (C=O) groups is 1. The summed E-state index contributed by atoms with van der Waals surface area (Å²) < 4.78 is 0. The molecule has 0 heterocycles. The number of hydrogen-bond acceptors (Lipinski definition) is 1. The lowest BCUT2D eigenvalue weighted by Crippen LogP contribution is -2.11. The maximum Gasteiger partial charge on any atom is 0.303 e. The minimum Gasteiger partial charge on any atom is -0.481 e. The second-order valence-electron chi connectivity index (χ2n) is 6.10. The fourth-order valence-electron chi connectivity index (χ4n) is 2.04. The van der Waals surface area contributed by atoms with Gasteiger partial charge in [0.25, 0.3) is 0 Å². The normalized spacial score (nSPS) is 12.6. The van der Waals surface area contributed by atoms with Crippen molar-refractivity contribution in [1.82, 2.24) is 0 Å². The van der Waals surface area contributed by atoms with Gasteiger partial charge in [0.15, 0.2) is 0 Å². The second-order valence-corrected chi connectivity index (χ2v) is 6.10. The zero-order valence-electron chi connectivity index (χ0n) is 12.6. The predicted molar refractivity (Wildman–Crippen MR) is 80.4 cm³/mol. The van der Waals surface area contributed by atoms with Gasteiger partial charge in [-0.25, -0.2) is 0 Å². The molecule has 2 nitrogen and oxygen atoms in total. The summed E-state index contributed by atoms with van der Waals surface area (Å²) in [4.78, 5) is 10.5. The fourth-order valence-corrected chi connectivity index (χ4v) is 2.04. The number of benzene rings is 1. The minimum absolute atomic E-state index is 0.129. The Bertz CT molecular complexity index is 490. The summed E-state index contributed by atoms with van der Waals surface area (Å²) in [6.07, 6.45) is 2.79. The lowest BCUT2D eigenvalue weighted by atomic mass is 9.84. The standard InChI is InChI=1S/C17H24O2/c1-12(7-6-8-16(18)19)15-11-14(17(3,4)5)10-9-13(15)2/h7,9-11H,6,8H2,1-5H3,(H,18,19)/b12-7+. The molecule has 0 unspecified atom stereocenters. The highest BCUT2D eigenvalue weighted by Gasteiger charge is 2.15. The van der Waals surface area contributed by atoms with Crippen LogP contribution in [0.25, 0.3) is 5.57 Å². The molecule has 104 valence electrons. The smallest absolute Gasteiger partial charge is 0.303 e. The number of carboxylic acids is 1. The van der Waals surface area contributed by atoms with E-state index in [1.54, 1.807) is 0 Å². The number of allylic oxidation sites excluding steroid dienone is 2. The fraction of sp³-hybridized carbons (Fsp3) is 0.471. The van der Waals surface area contributed by atoms with Crippen molar-refractivity contribution >= 4 is 11.5 Å². The molecule has 1 aromatic rings. The lowest BCUT2D eigenvalue weighted by molar-refractivity contribution is -0.136. The third-order valence-corrected chi connectivity index (χ3v) is 3.34. The largest absolute Gasteiger partial charge is 0.481 e. The van der Waals surface area contributed by atoms with E-state index in [0.29, 0.717) is 6.42 Å². The quantitative estimate of drug-likeness (QED) is 0.861. The van der Waals surface area contributed by atoms with E-state index in [1.165, 1.54) is 16.7 Å². The Morgan fingerprint density at radius 2 is 1.95 bits per heavy atom. The van der Waals surface area contributed by atoms with Gasteiger partial charge in [0.05, 0.1) is 0 Å². The summed E-state index contributed by atoms with van der Waals surface area (Å²) >= 11 is 0. The molecule has 0 aliphatic rings. The first-order valence-electron chi connectivity index (χ1n) is 6.72. The van der Waals surface area contributed by atoms with Crippen molar-refractivity contribution in [3.63, 3.8) is 0 Å². The van der Waals surface area contributed by atoms with Crippen molar-refractivity contribution in [3.05, 3.63) is 41.0 Å². The molecule has 0 amide bonds. The highest BCUT2D eigenvalue weighted by Crippen LogP contribution is 2.27. The number of hydrogen-bond donors (Lipinski definition) is 1.